The van der Waals surface area contributed by atoms with Crippen LogP contribution in [0.25, 0.3) is 66.4 Å². The molecule has 0 bridgehead atoms. The van der Waals surface area contributed by atoms with Gasteiger partial charge in [0.25, 0.3) is 0 Å². The number of nitrogens with zero attached hydrogens (tertiary/aromatic N) is 1. The Morgan fingerprint density at radius 1 is 0.365 bits per heavy atom. The van der Waals surface area contributed by atoms with E-state index in [9.17, 15) is 0 Å². The molecule has 0 unspecified atom stereocenters. The molecule has 0 fully saturated rings. The molecular formula is C62H53N. The SMILES string of the molecule is CC(C)(C)c1ccc(N(c2ccc3c(c2)-c2ccccc2C3(C)C)c2ccc3ccccc3c2-c2cccc(-c3ccc4c(c3)C(C)(C)c3ccccc3-4)c2)c(-c2ccccc2)c1. The summed E-state index contributed by atoms with van der Waals surface area (Å²) < 4.78 is 0. The van der Waals surface area contributed by atoms with E-state index in [1.54, 1.807) is 0 Å². The summed E-state index contributed by atoms with van der Waals surface area (Å²) in [6.07, 6.45) is 0. The summed E-state index contributed by atoms with van der Waals surface area (Å²) >= 11 is 0. The first-order chi connectivity index (χ1) is 30.4. The van der Waals surface area contributed by atoms with Crippen LogP contribution in [0.15, 0.2) is 194 Å². The lowest BCUT2D eigenvalue weighted by Crippen LogP contribution is -2.17. The first-order valence-electron chi connectivity index (χ1n) is 22.5. The fourth-order valence-corrected chi connectivity index (χ4v) is 10.8. The van der Waals surface area contributed by atoms with E-state index in [1.807, 2.05) is 0 Å². The Bertz CT molecular complexity index is 3260. The van der Waals surface area contributed by atoms with E-state index < -0.39 is 0 Å². The Balaban J connectivity index is 1.17. The van der Waals surface area contributed by atoms with Gasteiger partial charge in [0.2, 0.25) is 0 Å². The van der Waals surface area contributed by atoms with Gasteiger partial charge in [0.15, 0.2) is 0 Å². The maximum Gasteiger partial charge on any atom is 0.0546 e. The van der Waals surface area contributed by atoms with Crippen molar-refractivity contribution >= 4 is 27.8 Å². The highest BCUT2D eigenvalue weighted by Crippen LogP contribution is 2.54. The smallest absolute Gasteiger partial charge is 0.0546 e. The van der Waals surface area contributed by atoms with Crippen LogP contribution < -0.4 is 4.90 Å². The van der Waals surface area contributed by atoms with Gasteiger partial charge < -0.3 is 4.90 Å². The first kappa shape index (κ1) is 38.9. The van der Waals surface area contributed by atoms with E-state index in [4.69, 9.17) is 0 Å². The Labute approximate surface area is 373 Å². The van der Waals surface area contributed by atoms with Crippen LogP contribution >= 0.6 is 0 Å². The van der Waals surface area contributed by atoms with Crippen LogP contribution in [0.3, 0.4) is 0 Å². The monoisotopic (exact) mass is 811 g/mol. The maximum absolute atomic E-state index is 2.55. The molecule has 2 aliphatic carbocycles. The zero-order valence-corrected chi connectivity index (χ0v) is 37.4. The average molecular weight is 812 g/mol. The Hall–Kier alpha value is -6.96. The Morgan fingerprint density at radius 2 is 0.952 bits per heavy atom. The predicted octanol–water partition coefficient (Wildman–Crippen LogP) is 17.2. The molecule has 0 radical (unpaired) electrons. The van der Waals surface area contributed by atoms with Gasteiger partial charge in [-0.3, -0.25) is 0 Å². The van der Waals surface area contributed by atoms with Crippen molar-refractivity contribution in [3.05, 3.63) is 222 Å². The van der Waals surface area contributed by atoms with Crippen LogP contribution in [-0.4, -0.2) is 0 Å². The number of fused-ring (bicyclic) bond motifs is 7. The number of hydrogen-bond donors (Lipinski definition) is 0. The molecule has 0 heterocycles. The van der Waals surface area contributed by atoms with Gasteiger partial charge in [-0.2, -0.15) is 0 Å². The number of hydrogen-bond acceptors (Lipinski definition) is 1. The molecule has 0 saturated carbocycles. The van der Waals surface area contributed by atoms with Crippen molar-refractivity contribution in [2.24, 2.45) is 0 Å². The number of benzene rings is 9. The fourth-order valence-electron chi connectivity index (χ4n) is 10.8. The summed E-state index contributed by atoms with van der Waals surface area (Å²) in [5.41, 5.74) is 22.6. The molecule has 1 nitrogen and oxygen atoms in total. The predicted molar refractivity (Wildman–Crippen MR) is 269 cm³/mol. The standard InChI is InChI=1S/C62H53N/c1-60(2,3)45-30-35-57(51(38-45)40-18-9-8-10-19-40)63(46-31-33-55-52(39-46)49-25-14-16-27-54(49)61(55,4)5)58-34-29-41-20-11-12-23-47(41)59(58)44-22-17-21-42(36-44)43-28-32-50-48-24-13-15-26-53(48)62(6,7)56(50)37-43/h8-39H,1-7H3. The third kappa shape index (κ3) is 6.20. The molecule has 0 N–H and O–H groups in total. The summed E-state index contributed by atoms with van der Waals surface area (Å²) in [7, 11) is 0. The normalized spacial score (nSPS) is 14.2. The van der Waals surface area contributed by atoms with Gasteiger partial charge in [-0.1, -0.05) is 200 Å². The molecule has 0 amide bonds. The highest BCUT2D eigenvalue weighted by atomic mass is 15.1. The van der Waals surface area contributed by atoms with Crippen LogP contribution in [0.1, 0.15) is 76.3 Å². The molecule has 1 heteroatoms. The molecule has 0 saturated heterocycles. The highest BCUT2D eigenvalue weighted by molar-refractivity contribution is 6.07. The summed E-state index contributed by atoms with van der Waals surface area (Å²) in [6, 6.07) is 73.1. The number of anilines is 3. The van der Waals surface area contributed by atoms with Gasteiger partial charge >= 0.3 is 0 Å². The topological polar surface area (TPSA) is 3.24 Å². The molecule has 11 rings (SSSR count). The van der Waals surface area contributed by atoms with Crippen molar-refractivity contribution in [1.82, 2.24) is 0 Å². The summed E-state index contributed by atoms with van der Waals surface area (Å²) in [5, 5.41) is 2.44. The summed E-state index contributed by atoms with van der Waals surface area (Å²) in [5.74, 6) is 0. The number of rotatable bonds is 6. The molecule has 0 atom stereocenters. The minimum atomic E-state index is -0.0943. The molecule has 9 aromatic rings. The molecule has 9 aromatic carbocycles. The van der Waals surface area contributed by atoms with Gasteiger partial charge in [-0.15, -0.1) is 0 Å². The molecule has 2 aliphatic rings. The van der Waals surface area contributed by atoms with E-state index in [0.717, 1.165) is 17.1 Å². The molecule has 306 valence electrons. The fraction of sp³-hybridized carbons (Fsp3) is 0.161. The van der Waals surface area contributed by atoms with E-state index in [1.165, 1.54) is 94.2 Å². The average Bonchev–Trinajstić information content (AvgIpc) is 3.68. The van der Waals surface area contributed by atoms with E-state index >= 15 is 0 Å². The molecule has 63 heavy (non-hydrogen) atoms. The maximum atomic E-state index is 2.55. The second-order valence-corrected chi connectivity index (χ2v) is 19.8. The molecule has 0 aromatic heterocycles. The largest absolute Gasteiger partial charge is 0.309 e. The highest BCUT2D eigenvalue weighted by Gasteiger charge is 2.37. The van der Waals surface area contributed by atoms with Crippen molar-refractivity contribution in [1.29, 1.82) is 0 Å². The quantitative estimate of drug-likeness (QED) is 0.162. The van der Waals surface area contributed by atoms with Gasteiger partial charge in [-0.05, 0) is 131 Å². The minimum absolute atomic E-state index is 0.0279. The third-order valence-electron chi connectivity index (χ3n) is 14.2. The first-order valence-corrected chi connectivity index (χ1v) is 22.5. The van der Waals surface area contributed by atoms with Crippen LogP contribution in [-0.2, 0) is 16.2 Å². The third-order valence-corrected chi connectivity index (χ3v) is 14.2. The molecule has 0 spiro atoms. The van der Waals surface area contributed by atoms with E-state index in [-0.39, 0.29) is 16.2 Å². The Morgan fingerprint density at radius 3 is 1.71 bits per heavy atom. The van der Waals surface area contributed by atoms with Crippen LogP contribution in [0.5, 0.6) is 0 Å². The van der Waals surface area contributed by atoms with Crippen molar-refractivity contribution in [3.63, 3.8) is 0 Å². The lowest BCUT2D eigenvalue weighted by atomic mass is 9.81. The minimum Gasteiger partial charge on any atom is -0.309 e. The van der Waals surface area contributed by atoms with Crippen LogP contribution in [0, 0.1) is 0 Å². The van der Waals surface area contributed by atoms with Gasteiger partial charge in [-0.25, -0.2) is 0 Å². The van der Waals surface area contributed by atoms with Crippen molar-refractivity contribution in [3.8, 4) is 55.6 Å². The van der Waals surface area contributed by atoms with Crippen LogP contribution in [0.2, 0.25) is 0 Å². The van der Waals surface area contributed by atoms with E-state index in [0.29, 0.717) is 0 Å². The zero-order chi connectivity index (χ0) is 43.3. The van der Waals surface area contributed by atoms with Gasteiger partial charge in [0, 0.05) is 27.6 Å². The molecular weight excluding hydrogens is 759 g/mol. The van der Waals surface area contributed by atoms with Gasteiger partial charge in [0.05, 0.1) is 11.4 Å². The second kappa shape index (κ2) is 14.3. The summed E-state index contributed by atoms with van der Waals surface area (Å²) in [6.45, 7) is 16.4. The van der Waals surface area contributed by atoms with Gasteiger partial charge in [0.1, 0.15) is 0 Å². The summed E-state index contributed by atoms with van der Waals surface area (Å²) in [4.78, 5) is 2.55. The van der Waals surface area contributed by atoms with E-state index in [2.05, 4.69) is 247 Å². The zero-order valence-electron chi connectivity index (χ0n) is 37.4. The van der Waals surface area contributed by atoms with Crippen molar-refractivity contribution < 1.29 is 0 Å². The van der Waals surface area contributed by atoms with Crippen molar-refractivity contribution in [2.45, 2.75) is 64.7 Å². The second-order valence-electron chi connectivity index (χ2n) is 19.8. The lowest BCUT2D eigenvalue weighted by molar-refractivity contribution is 0.590. The van der Waals surface area contributed by atoms with Crippen LogP contribution in [0.4, 0.5) is 17.1 Å². The van der Waals surface area contributed by atoms with Crippen molar-refractivity contribution in [2.75, 3.05) is 4.90 Å². The lowest BCUT2D eigenvalue weighted by Gasteiger charge is -2.32. The Kier molecular flexibility index (Phi) is 8.83. The molecule has 0 aliphatic heterocycles.